The molecule has 4 saturated carbocycles. The number of nitrogens with one attached hydrogen (secondary N) is 10. The Labute approximate surface area is 401 Å². The maximum absolute atomic E-state index is 14.0. The van der Waals surface area contributed by atoms with Crippen LogP contribution in [-0.4, -0.2) is 153 Å². The van der Waals surface area contributed by atoms with E-state index in [2.05, 4.69) is 67.5 Å². The summed E-state index contributed by atoms with van der Waals surface area (Å²) in [7, 11) is -15.5. The molecule has 20 atom stereocenters. The van der Waals surface area contributed by atoms with Gasteiger partial charge in [-0.25, -0.2) is 13.1 Å². The van der Waals surface area contributed by atoms with Gasteiger partial charge in [-0.15, -0.1) is 0 Å². The van der Waals surface area contributed by atoms with Crippen molar-refractivity contribution in [1.29, 1.82) is 0 Å². The number of halogens is 1. The van der Waals surface area contributed by atoms with Crippen LogP contribution in [0.1, 0.15) is 77.0 Å². The summed E-state index contributed by atoms with van der Waals surface area (Å²) in [4.78, 5) is 11.9. The van der Waals surface area contributed by atoms with E-state index in [1.807, 2.05) is 0 Å². The van der Waals surface area contributed by atoms with Gasteiger partial charge in [0.2, 0.25) is 21.3 Å². The Bertz CT molecular complexity index is 2470. The van der Waals surface area contributed by atoms with Gasteiger partial charge in [-0.1, -0.05) is 0 Å². The molecular weight excluding hydrogens is 994 g/mol. The van der Waals surface area contributed by atoms with Crippen LogP contribution in [0.2, 0.25) is 5.28 Å². The fraction of sp³-hybridized carbons (Fsp3) is 0.921. The number of fused-ring (bicyclic) bond motifs is 20. The van der Waals surface area contributed by atoms with Crippen molar-refractivity contribution in [1.82, 2.24) is 62.2 Å². The predicted molar refractivity (Wildman–Crippen MR) is 245 cm³/mol. The Balaban J connectivity index is 0.940. The quantitative estimate of drug-likeness (QED) is 0.0896. The summed E-state index contributed by atoms with van der Waals surface area (Å²) in [5, 5.41) is 29.5. The molecule has 0 amide bonds. The lowest BCUT2D eigenvalue weighted by molar-refractivity contribution is 0.167. The molecule has 6 heterocycles. The van der Waals surface area contributed by atoms with Crippen molar-refractivity contribution in [2.45, 2.75) is 147 Å². The molecule has 9 fully saturated rings. The molecule has 10 rings (SSSR count). The molecule has 1 aromatic heterocycles. The lowest BCUT2D eigenvalue weighted by atomic mass is 9.76. The Morgan fingerprint density at radius 3 is 1.15 bits per heavy atom. The first-order valence-corrected chi connectivity index (χ1v) is 30.2. The zero-order valence-electron chi connectivity index (χ0n) is 37.3. The minimum absolute atomic E-state index is 0.00650. The van der Waals surface area contributed by atoms with Gasteiger partial charge in [-0.3, -0.25) is 56.2 Å². The molecule has 5 aliphatic heterocycles. The van der Waals surface area contributed by atoms with Crippen LogP contribution in [0.3, 0.4) is 0 Å². The second kappa shape index (κ2) is 18.9. The summed E-state index contributed by atoms with van der Waals surface area (Å²) in [5.74, 6) is -1.19. The van der Waals surface area contributed by atoms with Crippen molar-refractivity contribution in [2.75, 3.05) is 25.5 Å². The van der Waals surface area contributed by atoms with Gasteiger partial charge in [-0.05, 0) is 136 Å². The predicted octanol–water partition coefficient (Wildman–Crippen LogP) is -1.94. The van der Waals surface area contributed by atoms with Crippen molar-refractivity contribution in [3.63, 3.8) is 0 Å². The van der Waals surface area contributed by atoms with E-state index in [0.29, 0.717) is 38.5 Å². The van der Waals surface area contributed by atoms with Gasteiger partial charge in [-0.2, -0.15) is 40.2 Å². The molecule has 4 aliphatic carbocycles. The fourth-order valence-electron chi connectivity index (χ4n) is 13.9. The van der Waals surface area contributed by atoms with E-state index < -0.39 is 86.0 Å². The van der Waals surface area contributed by atoms with Gasteiger partial charge >= 0.3 is 6.01 Å². The van der Waals surface area contributed by atoms with Crippen molar-refractivity contribution in [2.24, 2.45) is 47.3 Å². The Morgan fingerprint density at radius 2 is 0.809 bits per heavy atom. The molecule has 5 saturated heterocycles. The summed E-state index contributed by atoms with van der Waals surface area (Å²) >= 11 is 5.97. The molecule has 384 valence electrons. The minimum atomic E-state index is -4.35. The number of anilines is 1. The minimum Gasteiger partial charge on any atom is -0.467 e. The van der Waals surface area contributed by atoms with Crippen LogP contribution in [0.4, 0.5) is 5.95 Å². The van der Waals surface area contributed by atoms with E-state index in [9.17, 15) is 47.3 Å². The average Bonchev–Trinajstić information content (AvgIpc) is 4.01. The number of aromatic nitrogens is 3. The Morgan fingerprint density at radius 1 is 0.485 bits per heavy atom. The first kappa shape index (κ1) is 49.8. The van der Waals surface area contributed by atoms with E-state index >= 15 is 0 Å². The second-order valence-electron chi connectivity index (χ2n) is 20.5. The molecule has 30 heteroatoms. The highest BCUT2D eigenvalue weighted by atomic mass is 35.5. The molecule has 1 aromatic rings. The van der Waals surface area contributed by atoms with Crippen LogP contribution in [0.15, 0.2) is 0 Å². The van der Waals surface area contributed by atoms with E-state index in [0.717, 1.165) is 0 Å². The van der Waals surface area contributed by atoms with Crippen LogP contribution in [-0.2, 0) is 40.4 Å². The highest BCUT2D eigenvalue weighted by Crippen LogP contribution is 2.47. The van der Waals surface area contributed by atoms with Crippen LogP contribution in [0, 0.1) is 47.3 Å². The third kappa shape index (κ3) is 10.00. The average molecular weight is 1060 g/mol. The highest BCUT2D eigenvalue weighted by molar-refractivity contribution is 7.90. The topological polar surface area (TPSA) is 365 Å². The maximum Gasteiger partial charge on any atom is 0.322 e. The number of methoxy groups -OCH3 is 1. The molecule has 25 nitrogen and oxygen atoms in total. The molecule has 9 aliphatic rings. The van der Waals surface area contributed by atoms with E-state index in [-0.39, 0.29) is 141 Å². The third-order valence-corrected chi connectivity index (χ3v) is 23.0. The Hall–Kier alpha value is -1.78. The standard InChI is InChI=1S/C38H64ClN13O12S4/c1-64-38-51-36(39)50-37(52-38)40-10-11-41-65(53,54)16-2-6-20-24(12-16)32-42-28(20)44-33-26-14-18(67(58,59)60)4-8-22(26)30(46-33)48-35-27-15-19(68(61,62)63)5-9-23(27)31(49-35)47-34-25-13-17(66(55,56)57)3-7-21(25)29(43-32)45-34/h16-35,41-49H,2-15H2,1H3,(H,55,56,57)(H,58,59,60)(H,61,62,63)(H,40,50,51,52). The SMILES string of the molecule is COc1nc(Cl)nc(NCCNS(=O)(=O)C2CCC3C4NC5NC(NC6NC(NC7NC(NC(N4)C3C2)C2CCC(S(=O)(=O)O)CC72)C2CCC(S(=O)(=O)O)CC62)C2CCC(S(=O)(=O)O)CC52)n1. The second-order valence-corrected chi connectivity index (χ2v) is 28.0. The van der Waals surface area contributed by atoms with Gasteiger partial charge in [0.1, 0.15) is 0 Å². The molecule has 8 bridgehead atoms. The first-order chi connectivity index (χ1) is 32.1. The third-order valence-electron chi connectivity index (χ3n) is 17.1. The smallest absolute Gasteiger partial charge is 0.322 e. The number of nitrogens with zero attached hydrogens (tertiary/aromatic N) is 3. The molecule has 13 N–H and O–H groups in total. The number of sulfonamides is 1. The molecular formula is C38H64ClN13O12S4. The molecule has 0 radical (unpaired) electrons. The normalized spacial score (nSPS) is 44.0. The summed E-state index contributed by atoms with van der Waals surface area (Å²) in [6.07, 6.45) is 0.763. The van der Waals surface area contributed by atoms with Crippen LogP contribution in [0.25, 0.3) is 0 Å². The van der Waals surface area contributed by atoms with Gasteiger partial charge in [0.05, 0.1) is 77.4 Å². The lowest BCUT2D eigenvalue weighted by Gasteiger charge is -2.38. The van der Waals surface area contributed by atoms with Crippen LogP contribution in [0.5, 0.6) is 6.01 Å². The molecule has 0 aromatic carbocycles. The van der Waals surface area contributed by atoms with Crippen molar-refractivity contribution >= 4 is 57.9 Å². The zero-order chi connectivity index (χ0) is 48.1. The number of hydrogen-bond acceptors (Lipinski definition) is 21. The van der Waals surface area contributed by atoms with E-state index in [1.54, 1.807) is 0 Å². The largest absolute Gasteiger partial charge is 0.467 e. The highest BCUT2D eigenvalue weighted by Gasteiger charge is 2.58. The summed E-state index contributed by atoms with van der Waals surface area (Å²) in [6, 6.07) is 0.00650. The van der Waals surface area contributed by atoms with Crippen LogP contribution < -0.4 is 57.3 Å². The fourth-order valence-corrected chi connectivity index (χ4v) is 18.3. The van der Waals surface area contributed by atoms with E-state index in [4.69, 9.17) is 16.3 Å². The molecule has 20 unspecified atom stereocenters. The summed E-state index contributed by atoms with van der Waals surface area (Å²) in [6.45, 7) is 0.184. The van der Waals surface area contributed by atoms with Crippen LogP contribution >= 0.6 is 11.6 Å². The van der Waals surface area contributed by atoms with E-state index in [1.165, 1.54) is 7.11 Å². The van der Waals surface area contributed by atoms with Crippen molar-refractivity contribution in [3.05, 3.63) is 5.28 Å². The molecule has 0 spiro atoms. The van der Waals surface area contributed by atoms with Crippen molar-refractivity contribution < 1.29 is 52.1 Å². The Kier molecular flexibility index (Phi) is 13.9. The van der Waals surface area contributed by atoms with Gasteiger partial charge in [0.25, 0.3) is 30.4 Å². The lowest BCUT2D eigenvalue weighted by Crippen LogP contribution is -2.61. The maximum atomic E-state index is 14.0. The van der Waals surface area contributed by atoms with Gasteiger partial charge < -0.3 is 10.1 Å². The van der Waals surface area contributed by atoms with Crippen molar-refractivity contribution in [3.8, 4) is 6.01 Å². The summed E-state index contributed by atoms with van der Waals surface area (Å²) in [5.41, 5.74) is 0. The summed E-state index contributed by atoms with van der Waals surface area (Å²) < 4.78 is 142. The van der Waals surface area contributed by atoms with Gasteiger partial charge in [0.15, 0.2) is 0 Å². The first-order valence-electron chi connectivity index (χ1n) is 23.8. The molecule has 68 heavy (non-hydrogen) atoms. The number of rotatable bonds is 10. The zero-order valence-corrected chi connectivity index (χ0v) is 41.3. The van der Waals surface area contributed by atoms with Gasteiger partial charge in [0, 0.05) is 13.1 Å². The number of hydrogen-bond donors (Lipinski definition) is 13. The number of ether oxygens (including phenoxy) is 1. The monoisotopic (exact) mass is 1060 g/mol.